The first kappa shape index (κ1) is 15.3. The predicted molar refractivity (Wildman–Crippen MR) is 64.6 cm³/mol. The maximum atomic E-state index is 13.1. The molecule has 0 radical (unpaired) electrons. The fourth-order valence-corrected chi connectivity index (χ4v) is 1.32. The molecule has 1 unspecified atom stereocenters. The molecule has 0 spiro atoms. The van der Waals surface area contributed by atoms with Crippen LogP contribution in [0.25, 0.3) is 0 Å². The van der Waals surface area contributed by atoms with E-state index in [1.54, 1.807) is 6.92 Å². The number of hydrogen-bond donors (Lipinski definition) is 3. The van der Waals surface area contributed by atoms with Crippen molar-refractivity contribution in [2.45, 2.75) is 24.0 Å². The second kappa shape index (κ2) is 7.58. The molecule has 0 heterocycles. The number of carbonyl (C=O) groups is 1. The molecule has 0 aliphatic heterocycles. The monoisotopic (exact) mass is 292 g/mol. The van der Waals surface area contributed by atoms with Gasteiger partial charge < -0.3 is 0 Å². The van der Waals surface area contributed by atoms with Gasteiger partial charge in [0.15, 0.2) is 0 Å². The van der Waals surface area contributed by atoms with Crippen LogP contribution in [0.3, 0.4) is 0 Å². The van der Waals surface area contributed by atoms with Crippen molar-refractivity contribution < 1.29 is 14.3 Å². The van der Waals surface area contributed by atoms with Gasteiger partial charge in [-0.1, -0.05) is 0 Å². The van der Waals surface area contributed by atoms with Gasteiger partial charge in [-0.25, -0.2) is 0 Å². The summed E-state index contributed by atoms with van der Waals surface area (Å²) in [6, 6.07) is 0. The first-order chi connectivity index (χ1) is 7.40. The quantitative estimate of drug-likeness (QED) is 0.351. The number of halogens is 1. The van der Waals surface area contributed by atoms with E-state index in [2.05, 4.69) is 5.32 Å². The molecule has 0 saturated heterocycles. The molecule has 2 atom stereocenters. The van der Waals surface area contributed by atoms with Crippen molar-refractivity contribution in [3.63, 3.8) is 0 Å². The molecule has 16 heavy (non-hydrogen) atoms. The molecule has 0 aromatic carbocycles. The van der Waals surface area contributed by atoms with Gasteiger partial charge in [-0.05, 0) is 0 Å². The average Bonchev–Trinajstić information content (AvgIpc) is 2.17. The van der Waals surface area contributed by atoms with Gasteiger partial charge in [0.25, 0.3) is 0 Å². The Hall–Kier alpha value is -0.672. The summed E-state index contributed by atoms with van der Waals surface area (Å²) < 4.78 is 12.3. The second-order valence-corrected chi connectivity index (χ2v) is 6.42. The molecule has 0 saturated carbocycles. The van der Waals surface area contributed by atoms with Crippen LogP contribution in [0.5, 0.6) is 0 Å². The molecule has 0 amide bonds. The summed E-state index contributed by atoms with van der Waals surface area (Å²) in [5.74, 6) is -1.15. The van der Waals surface area contributed by atoms with Crippen LogP contribution >= 0.6 is 0 Å². The summed E-state index contributed by atoms with van der Waals surface area (Å²) in [5, 5.41) is 18.3. The Kier molecular flexibility index (Phi) is 7.26. The van der Waals surface area contributed by atoms with E-state index in [0.717, 1.165) is 23.1 Å². The predicted octanol–water partition coefficient (Wildman–Crippen LogP) is 0.755. The van der Waals surface area contributed by atoms with E-state index in [0.29, 0.717) is 19.4 Å². The van der Waals surface area contributed by atoms with E-state index in [9.17, 15) is 9.18 Å². The second-order valence-electron chi connectivity index (χ2n) is 3.75. The van der Waals surface area contributed by atoms with E-state index in [-0.39, 0.29) is 12.4 Å². The van der Waals surface area contributed by atoms with Crippen molar-refractivity contribution in [1.82, 2.24) is 5.32 Å². The molecular formula is C10H18AsFN2O2. The molecule has 3 N–H and O–H groups in total. The van der Waals surface area contributed by atoms with Crippen molar-refractivity contribution in [2.75, 3.05) is 13.1 Å². The summed E-state index contributed by atoms with van der Waals surface area (Å²) >= 11 is 1.14. The molecular weight excluding hydrogens is 274 g/mol. The minimum absolute atomic E-state index is 0.0913. The molecule has 0 fully saturated rings. The number of aliphatic carboxylic acids is 1. The van der Waals surface area contributed by atoms with E-state index in [1.165, 1.54) is 6.08 Å². The Morgan fingerprint density at radius 3 is 2.81 bits per heavy atom. The Morgan fingerprint density at radius 2 is 2.31 bits per heavy atom. The molecule has 6 heteroatoms. The van der Waals surface area contributed by atoms with E-state index in [4.69, 9.17) is 10.5 Å². The van der Waals surface area contributed by atoms with Crippen LogP contribution in [0.1, 0.15) is 19.8 Å². The van der Waals surface area contributed by atoms with Crippen LogP contribution in [-0.4, -0.2) is 47.2 Å². The van der Waals surface area contributed by atoms with Crippen LogP contribution in [-0.2, 0) is 4.79 Å². The van der Waals surface area contributed by atoms with Gasteiger partial charge in [0.05, 0.1) is 0 Å². The van der Waals surface area contributed by atoms with Gasteiger partial charge in [-0.15, -0.1) is 0 Å². The van der Waals surface area contributed by atoms with Gasteiger partial charge >= 0.3 is 103 Å². The average molecular weight is 292 g/mol. The fourth-order valence-electron chi connectivity index (χ4n) is 0.971. The van der Waals surface area contributed by atoms with Crippen molar-refractivity contribution in [3.05, 3.63) is 11.9 Å². The van der Waals surface area contributed by atoms with Crippen molar-refractivity contribution in [1.29, 1.82) is 5.41 Å². The minimum atomic E-state index is -0.844. The third-order valence-corrected chi connectivity index (χ3v) is 3.18. The Labute approximate surface area is 103 Å². The number of nitrogens with one attached hydrogen (secondary N) is 2. The van der Waals surface area contributed by atoms with Gasteiger partial charge in [-0.3, -0.25) is 0 Å². The first-order valence-electron chi connectivity index (χ1n) is 4.96. The number of hydrogen-bond acceptors (Lipinski definition) is 3. The van der Waals surface area contributed by atoms with E-state index < -0.39 is 10.2 Å². The van der Waals surface area contributed by atoms with Crippen LogP contribution in [0.15, 0.2) is 11.9 Å². The third-order valence-electron chi connectivity index (χ3n) is 2.06. The number of allylic oxidation sites excluding steroid dienone is 1. The summed E-state index contributed by atoms with van der Waals surface area (Å²) in [5.41, 5.74) is 0. The molecule has 0 aliphatic rings. The Bertz CT molecular complexity index is 280. The van der Waals surface area contributed by atoms with Gasteiger partial charge in [0, 0.05) is 0 Å². The number of carboxylic acid groups (broad SMARTS) is 1. The summed E-state index contributed by atoms with van der Waals surface area (Å²) in [4.78, 5) is 10.8. The van der Waals surface area contributed by atoms with Crippen LogP contribution in [0.4, 0.5) is 4.39 Å². The summed E-state index contributed by atoms with van der Waals surface area (Å²) in [6.45, 7) is 2.08. The standard InChI is InChI=1S/C10H18AsFN2O2/c1-10(11,9(15)16)4-2-3-8(12)7-14-6-5-13/h3,5,13-14H,2,4,6-7,11H2,1H3,(H,15,16)/b8-3-,13-5?/t10-/m0/s1. The molecule has 0 bridgehead atoms. The maximum absolute atomic E-state index is 13.1. The van der Waals surface area contributed by atoms with Gasteiger partial charge in [-0.2, -0.15) is 0 Å². The van der Waals surface area contributed by atoms with Crippen molar-refractivity contribution in [2.24, 2.45) is 0 Å². The van der Waals surface area contributed by atoms with Crippen LogP contribution < -0.4 is 5.32 Å². The fraction of sp³-hybridized carbons (Fsp3) is 0.600. The van der Waals surface area contributed by atoms with Crippen LogP contribution in [0, 0.1) is 5.41 Å². The first-order valence-corrected chi connectivity index (χ1v) is 6.17. The van der Waals surface area contributed by atoms with Crippen LogP contribution in [0.2, 0.25) is 4.20 Å². The molecule has 4 nitrogen and oxygen atoms in total. The number of carboxylic acids is 1. The van der Waals surface area contributed by atoms with Gasteiger partial charge in [0.2, 0.25) is 0 Å². The SMILES string of the molecule is C[C@]([AsH2])(CC/C=C(\F)CNCC=N)C(=O)O. The summed E-state index contributed by atoms with van der Waals surface area (Å²) in [7, 11) is 0. The molecule has 0 aromatic rings. The van der Waals surface area contributed by atoms with Crippen molar-refractivity contribution in [3.8, 4) is 0 Å². The Morgan fingerprint density at radius 1 is 1.69 bits per heavy atom. The number of rotatable bonds is 8. The normalized spacial score (nSPS) is 15.6. The van der Waals surface area contributed by atoms with Crippen molar-refractivity contribution >= 4 is 29.0 Å². The Balaban J connectivity index is 3.90. The summed E-state index contributed by atoms with van der Waals surface area (Å²) in [6.07, 6.45) is 3.40. The zero-order valence-corrected chi connectivity index (χ0v) is 11.7. The zero-order valence-electron chi connectivity index (χ0n) is 9.29. The van der Waals surface area contributed by atoms with E-state index in [1.807, 2.05) is 0 Å². The third kappa shape index (κ3) is 6.75. The van der Waals surface area contributed by atoms with E-state index >= 15 is 0 Å². The topological polar surface area (TPSA) is 73.2 Å². The molecule has 0 aromatic heterocycles. The molecule has 0 aliphatic carbocycles. The zero-order chi connectivity index (χ0) is 12.6. The van der Waals surface area contributed by atoms with Gasteiger partial charge in [0.1, 0.15) is 0 Å². The molecule has 0 rings (SSSR count). The molecule has 92 valence electrons.